The molecule has 0 fully saturated rings. The minimum atomic E-state index is -3.09. The van der Waals surface area contributed by atoms with E-state index < -0.39 is 10.0 Å². The summed E-state index contributed by atoms with van der Waals surface area (Å²) in [6.45, 7) is 9.72. The van der Waals surface area contributed by atoms with Crippen molar-refractivity contribution >= 4 is 10.0 Å². The molecule has 0 aromatic rings. The van der Waals surface area contributed by atoms with Crippen molar-refractivity contribution in [2.45, 2.75) is 40.2 Å². The van der Waals surface area contributed by atoms with E-state index in [2.05, 4.69) is 5.32 Å². The van der Waals surface area contributed by atoms with Gasteiger partial charge in [0.2, 0.25) is 10.0 Å². The highest BCUT2D eigenvalue weighted by Gasteiger charge is 2.23. The Hall–Kier alpha value is -0.130. The Labute approximate surface area is 94.1 Å². The summed E-state index contributed by atoms with van der Waals surface area (Å²) in [6, 6.07) is 0.0987. The summed E-state index contributed by atoms with van der Waals surface area (Å²) in [6.07, 6.45) is 0.855. The molecule has 0 spiro atoms. The SMILES string of the molecule is CCNCCS(=O)(=O)N(CC)C(C)CC. The lowest BCUT2D eigenvalue weighted by Crippen LogP contribution is -2.41. The molecule has 1 unspecified atom stereocenters. The molecule has 0 radical (unpaired) electrons. The molecule has 1 atom stereocenters. The molecule has 0 aromatic carbocycles. The average Bonchev–Trinajstić information content (AvgIpc) is 2.18. The first-order valence-corrected chi connectivity index (χ1v) is 7.30. The molecule has 0 saturated carbocycles. The highest BCUT2D eigenvalue weighted by atomic mass is 32.2. The van der Waals surface area contributed by atoms with Crippen LogP contribution in [0.25, 0.3) is 0 Å². The lowest BCUT2D eigenvalue weighted by molar-refractivity contribution is 0.342. The van der Waals surface area contributed by atoms with Gasteiger partial charge in [0.1, 0.15) is 0 Å². The first-order chi connectivity index (χ1) is 6.99. The lowest BCUT2D eigenvalue weighted by atomic mass is 10.3. The summed E-state index contributed by atoms with van der Waals surface area (Å²) in [5.74, 6) is 0.193. The van der Waals surface area contributed by atoms with E-state index in [1.165, 1.54) is 0 Å². The van der Waals surface area contributed by atoms with E-state index in [0.717, 1.165) is 13.0 Å². The van der Waals surface area contributed by atoms with Gasteiger partial charge in [-0.1, -0.05) is 20.8 Å². The molecule has 0 heterocycles. The minimum Gasteiger partial charge on any atom is -0.316 e. The maximum atomic E-state index is 11.9. The van der Waals surface area contributed by atoms with Crippen LogP contribution in [0.15, 0.2) is 0 Å². The van der Waals surface area contributed by atoms with Gasteiger partial charge in [-0.2, -0.15) is 4.31 Å². The van der Waals surface area contributed by atoms with E-state index >= 15 is 0 Å². The van der Waals surface area contributed by atoms with Crippen LogP contribution >= 0.6 is 0 Å². The fourth-order valence-corrected chi connectivity index (χ4v) is 3.21. The Morgan fingerprint density at radius 1 is 1.27 bits per heavy atom. The summed E-state index contributed by atoms with van der Waals surface area (Å²) < 4.78 is 25.4. The number of sulfonamides is 1. The van der Waals surface area contributed by atoms with Crippen LogP contribution in [0.1, 0.15) is 34.1 Å². The highest BCUT2D eigenvalue weighted by molar-refractivity contribution is 7.89. The van der Waals surface area contributed by atoms with Gasteiger partial charge in [-0.05, 0) is 19.9 Å². The molecule has 4 nitrogen and oxygen atoms in total. The fourth-order valence-electron chi connectivity index (χ4n) is 1.48. The van der Waals surface area contributed by atoms with Crippen molar-refractivity contribution in [3.63, 3.8) is 0 Å². The van der Waals surface area contributed by atoms with Crippen LogP contribution in [0, 0.1) is 0 Å². The van der Waals surface area contributed by atoms with Crippen LogP contribution in [0.5, 0.6) is 0 Å². The average molecular weight is 236 g/mol. The normalized spacial score (nSPS) is 14.5. The molecule has 0 aliphatic carbocycles. The largest absolute Gasteiger partial charge is 0.316 e. The molecule has 92 valence electrons. The van der Waals surface area contributed by atoms with Crippen molar-refractivity contribution in [3.05, 3.63) is 0 Å². The van der Waals surface area contributed by atoms with E-state index in [0.29, 0.717) is 13.1 Å². The van der Waals surface area contributed by atoms with Gasteiger partial charge in [0.15, 0.2) is 0 Å². The van der Waals surface area contributed by atoms with Crippen molar-refractivity contribution in [1.82, 2.24) is 9.62 Å². The summed E-state index contributed by atoms with van der Waals surface area (Å²) in [5, 5.41) is 3.03. The smallest absolute Gasteiger partial charge is 0.215 e. The third-order valence-corrected chi connectivity index (χ3v) is 4.59. The Kier molecular flexibility index (Phi) is 7.13. The quantitative estimate of drug-likeness (QED) is 0.641. The van der Waals surface area contributed by atoms with E-state index in [1.54, 1.807) is 4.31 Å². The standard InChI is InChI=1S/C10H24N2O2S/c1-5-10(4)12(7-3)15(13,14)9-8-11-6-2/h10-11H,5-9H2,1-4H3. The van der Waals surface area contributed by atoms with Crippen molar-refractivity contribution in [3.8, 4) is 0 Å². The van der Waals surface area contributed by atoms with Crippen LogP contribution in [-0.4, -0.2) is 44.2 Å². The molecule has 0 aromatic heterocycles. The lowest BCUT2D eigenvalue weighted by Gasteiger charge is -2.26. The number of hydrogen-bond donors (Lipinski definition) is 1. The summed E-state index contributed by atoms with van der Waals surface area (Å²) in [5.41, 5.74) is 0. The Morgan fingerprint density at radius 3 is 2.27 bits per heavy atom. The zero-order chi connectivity index (χ0) is 11.9. The molecule has 0 amide bonds. The second-order valence-corrected chi connectivity index (χ2v) is 5.67. The van der Waals surface area contributed by atoms with Crippen LogP contribution in [0.2, 0.25) is 0 Å². The van der Waals surface area contributed by atoms with Crippen molar-refractivity contribution in [1.29, 1.82) is 0 Å². The van der Waals surface area contributed by atoms with Crippen LogP contribution in [0.3, 0.4) is 0 Å². The van der Waals surface area contributed by atoms with Gasteiger partial charge in [-0.15, -0.1) is 0 Å². The van der Waals surface area contributed by atoms with Crippen LogP contribution < -0.4 is 5.32 Å². The molecule has 0 saturated heterocycles. The molecule has 1 N–H and O–H groups in total. The minimum absolute atomic E-state index is 0.0987. The third kappa shape index (κ3) is 4.95. The molecule has 15 heavy (non-hydrogen) atoms. The van der Waals surface area contributed by atoms with Crippen molar-refractivity contribution < 1.29 is 8.42 Å². The van der Waals surface area contributed by atoms with Gasteiger partial charge >= 0.3 is 0 Å². The van der Waals surface area contributed by atoms with Gasteiger partial charge in [0.05, 0.1) is 5.75 Å². The predicted molar refractivity (Wildman–Crippen MR) is 64.5 cm³/mol. The molecule has 0 aliphatic heterocycles. The topological polar surface area (TPSA) is 49.4 Å². The monoisotopic (exact) mass is 236 g/mol. The number of rotatable bonds is 8. The van der Waals surface area contributed by atoms with E-state index in [9.17, 15) is 8.42 Å². The summed E-state index contributed by atoms with van der Waals surface area (Å²) in [4.78, 5) is 0. The van der Waals surface area contributed by atoms with Gasteiger partial charge < -0.3 is 5.32 Å². The molecular formula is C10H24N2O2S. The Bertz CT molecular complexity index is 252. The van der Waals surface area contributed by atoms with Crippen molar-refractivity contribution in [2.75, 3.05) is 25.4 Å². The number of hydrogen-bond acceptors (Lipinski definition) is 3. The maximum Gasteiger partial charge on any atom is 0.215 e. The first-order valence-electron chi connectivity index (χ1n) is 5.69. The van der Waals surface area contributed by atoms with Gasteiger partial charge in [0, 0.05) is 19.1 Å². The highest BCUT2D eigenvalue weighted by Crippen LogP contribution is 2.09. The second-order valence-electron chi connectivity index (χ2n) is 3.63. The van der Waals surface area contributed by atoms with E-state index in [4.69, 9.17) is 0 Å². The fraction of sp³-hybridized carbons (Fsp3) is 1.00. The maximum absolute atomic E-state index is 11.9. The van der Waals surface area contributed by atoms with Crippen molar-refractivity contribution in [2.24, 2.45) is 0 Å². The van der Waals surface area contributed by atoms with Crippen LogP contribution in [-0.2, 0) is 10.0 Å². The van der Waals surface area contributed by atoms with Gasteiger partial charge in [0.25, 0.3) is 0 Å². The zero-order valence-corrected chi connectivity index (χ0v) is 11.1. The Morgan fingerprint density at radius 2 is 1.87 bits per heavy atom. The van der Waals surface area contributed by atoms with Gasteiger partial charge in [-0.3, -0.25) is 0 Å². The van der Waals surface area contributed by atoms with E-state index in [-0.39, 0.29) is 11.8 Å². The van der Waals surface area contributed by atoms with E-state index in [1.807, 2.05) is 27.7 Å². The summed E-state index contributed by atoms with van der Waals surface area (Å²) in [7, 11) is -3.09. The number of nitrogens with one attached hydrogen (secondary N) is 1. The molecular weight excluding hydrogens is 212 g/mol. The summed E-state index contributed by atoms with van der Waals surface area (Å²) >= 11 is 0. The second kappa shape index (κ2) is 7.19. The van der Waals surface area contributed by atoms with Crippen LogP contribution in [0.4, 0.5) is 0 Å². The Balaban J connectivity index is 4.39. The zero-order valence-electron chi connectivity index (χ0n) is 10.3. The van der Waals surface area contributed by atoms with Gasteiger partial charge in [-0.25, -0.2) is 8.42 Å². The molecule has 0 rings (SSSR count). The predicted octanol–water partition coefficient (Wildman–Crippen LogP) is 1.05. The molecule has 0 bridgehead atoms. The first kappa shape index (κ1) is 14.9. The number of nitrogens with zero attached hydrogens (tertiary/aromatic N) is 1. The molecule has 5 heteroatoms. The third-order valence-electron chi connectivity index (χ3n) is 2.54. The molecule has 0 aliphatic rings.